The first-order valence-electron chi connectivity index (χ1n) is 5.14. The van der Waals surface area contributed by atoms with E-state index in [0.717, 1.165) is 23.8 Å². The van der Waals surface area contributed by atoms with Gasteiger partial charge in [0.15, 0.2) is 5.78 Å². The number of carbonyl (C=O) groups is 1. The van der Waals surface area contributed by atoms with Gasteiger partial charge in [-0.3, -0.25) is 4.79 Å². The highest BCUT2D eigenvalue weighted by Crippen LogP contribution is 2.14. The molecule has 0 aromatic heterocycles. The van der Waals surface area contributed by atoms with Crippen LogP contribution in [0.15, 0.2) is 42.5 Å². The van der Waals surface area contributed by atoms with E-state index in [2.05, 4.69) is 0 Å². The van der Waals surface area contributed by atoms with Crippen molar-refractivity contribution in [3.8, 4) is 0 Å². The predicted molar refractivity (Wildman–Crippen MR) is 61.0 cm³/mol. The second-order valence-electron chi connectivity index (χ2n) is 3.86. The molecule has 0 heterocycles. The maximum absolute atomic E-state index is 13.0. The highest BCUT2D eigenvalue weighted by Gasteiger charge is 2.11. The Morgan fingerprint density at radius 2 is 1.59 bits per heavy atom. The summed E-state index contributed by atoms with van der Waals surface area (Å²) >= 11 is 0. The fraction of sp³-hybridized carbons (Fsp3) is 0.0714. The summed E-state index contributed by atoms with van der Waals surface area (Å²) < 4.78 is 26.0. The van der Waals surface area contributed by atoms with Crippen LogP contribution in [0.4, 0.5) is 8.78 Å². The Morgan fingerprint density at radius 1 is 0.941 bits per heavy atom. The lowest BCUT2D eigenvalue weighted by atomic mass is 10.0. The average Bonchev–Trinajstić information content (AvgIpc) is 2.26. The molecule has 0 aliphatic rings. The number of benzene rings is 2. The molecule has 0 aliphatic heterocycles. The Kier molecular flexibility index (Phi) is 3.00. The maximum atomic E-state index is 13.0. The Hall–Kier alpha value is -2.03. The highest BCUT2D eigenvalue weighted by atomic mass is 19.1. The molecule has 0 atom stereocenters. The van der Waals surface area contributed by atoms with E-state index in [-0.39, 0.29) is 11.3 Å². The first kappa shape index (κ1) is 11.5. The summed E-state index contributed by atoms with van der Waals surface area (Å²) in [7, 11) is 0. The van der Waals surface area contributed by atoms with E-state index >= 15 is 0 Å². The number of ketones is 1. The van der Waals surface area contributed by atoms with E-state index in [1.165, 1.54) is 0 Å². The predicted octanol–water partition coefficient (Wildman–Crippen LogP) is 3.50. The summed E-state index contributed by atoms with van der Waals surface area (Å²) in [5.41, 5.74) is 1.37. The largest absolute Gasteiger partial charge is 0.289 e. The van der Waals surface area contributed by atoms with Crippen LogP contribution in [0.5, 0.6) is 0 Å². The van der Waals surface area contributed by atoms with Crippen LogP contribution in [-0.4, -0.2) is 5.78 Å². The van der Waals surface area contributed by atoms with Gasteiger partial charge < -0.3 is 0 Å². The van der Waals surface area contributed by atoms with E-state index in [0.29, 0.717) is 5.56 Å². The molecule has 17 heavy (non-hydrogen) atoms. The zero-order valence-corrected chi connectivity index (χ0v) is 9.21. The van der Waals surface area contributed by atoms with Crippen LogP contribution >= 0.6 is 0 Å². The molecule has 0 saturated carbocycles. The van der Waals surface area contributed by atoms with Gasteiger partial charge in [0.2, 0.25) is 0 Å². The normalized spacial score (nSPS) is 10.3. The number of rotatable bonds is 2. The molecule has 0 bridgehead atoms. The minimum absolute atomic E-state index is 0.0214. The van der Waals surface area contributed by atoms with Crippen molar-refractivity contribution in [3.05, 3.63) is 70.8 Å². The molecule has 0 unspecified atom stereocenters. The van der Waals surface area contributed by atoms with Gasteiger partial charge in [-0.05, 0) is 25.1 Å². The summed E-state index contributed by atoms with van der Waals surface area (Å²) in [4.78, 5) is 12.0. The fourth-order valence-corrected chi connectivity index (χ4v) is 1.64. The second kappa shape index (κ2) is 4.45. The molecule has 86 valence electrons. The van der Waals surface area contributed by atoms with Gasteiger partial charge in [-0.1, -0.05) is 23.8 Å². The number of hydrogen-bond donors (Lipinski definition) is 0. The highest BCUT2D eigenvalue weighted by molar-refractivity contribution is 6.09. The van der Waals surface area contributed by atoms with Crippen molar-refractivity contribution in [1.29, 1.82) is 0 Å². The molecule has 0 radical (unpaired) electrons. The molecule has 0 saturated heterocycles. The van der Waals surface area contributed by atoms with Crippen LogP contribution < -0.4 is 0 Å². The van der Waals surface area contributed by atoms with Gasteiger partial charge in [-0.15, -0.1) is 0 Å². The monoisotopic (exact) mass is 232 g/mol. The molecule has 1 nitrogen and oxygen atoms in total. The topological polar surface area (TPSA) is 17.1 Å². The Bertz CT molecular complexity index is 556. The van der Waals surface area contributed by atoms with Crippen LogP contribution in [0, 0.1) is 18.6 Å². The van der Waals surface area contributed by atoms with Gasteiger partial charge in [0, 0.05) is 17.2 Å². The van der Waals surface area contributed by atoms with Gasteiger partial charge in [0.05, 0.1) is 0 Å². The van der Waals surface area contributed by atoms with Gasteiger partial charge >= 0.3 is 0 Å². The van der Waals surface area contributed by atoms with E-state index in [4.69, 9.17) is 0 Å². The molecule has 2 aromatic rings. The van der Waals surface area contributed by atoms with Crippen molar-refractivity contribution in [3.63, 3.8) is 0 Å². The Morgan fingerprint density at radius 3 is 2.18 bits per heavy atom. The fourth-order valence-electron chi connectivity index (χ4n) is 1.64. The maximum Gasteiger partial charge on any atom is 0.193 e. The zero-order valence-electron chi connectivity index (χ0n) is 9.21. The summed E-state index contributed by atoms with van der Waals surface area (Å²) in [6, 6.07) is 9.71. The van der Waals surface area contributed by atoms with Crippen molar-refractivity contribution < 1.29 is 13.6 Å². The zero-order chi connectivity index (χ0) is 12.4. The second-order valence-corrected chi connectivity index (χ2v) is 3.86. The smallest absolute Gasteiger partial charge is 0.193 e. The van der Waals surface area contributed by atoms with Crippen LogP contribution in [0.1, 0.15) is 21.5 Å². The van der Waals surface area contributed by atoms with Crippen molar-refractivity contribution in [1.82, 2.24) is 0 Å². The van der Waals surface area contributed by atoms with Crippen LogP contribution in [-0.2, 0) is 0 Å². The first-order chi connectivity index (χ1) is 8.06. The van der Waals surface area contributed by atoms with Gasteiger partial charge in [-0.25, -0.2) is 8.78 Å². The quantitative estimate of drug-likeness (QED) is 0.724. The van der Waals surface area contributed by atoms with E-state index in [9.17, 15) is 13.6 Å². The average molecular weight is 232 g/mol. The number of halogens is 2. The Labute approximate surface area is 97.7 Å². The molecule has 2 aromatic carbocycles. The third-order valence-corrected chi connectivity index (χ3v) is 2.41. The molecule has 0 spiro atoms. The van der Waals surface area contributed by atoms with Crippen LogP contribution in [0.25, 0.3) is 0 Å². The van der Waals surface area contributed by atoms with Crippen molar-refractivity contribution in [2.75, 3.05) is 0 Å². The molecule has 0 amide bonds. The van der Waals surface area contributed by atoms with Gasteiger partial charge in [-0.2, -0.15) is 0 Å². The van der Waals surface area contributed by atoms with Crippen molar-refractivity contribution in [2.45, 2.75) is 6.92 Å². The first-order valence-corrected chi connectivity index (χ1v) is 5.14. The van der Waals surface area contributed by atoms with E-state index in [1.54, 1.807) is 18.2 Å². The molecule has 0 fully saturated rings. The molecule has 3 heteroatoms. The van der Waals surface area contributed by atoms with Gasteiger partial charge in [0.25, 0.3) is 0 Å². The molecular formula is C14H10F2O. The van der Waals surface area contributed by atoms with Crippen molar-refractivity contribution in [2.24, 2.45) is 0 Å². The van der Waals surface area contributed by atoms with Crippen molar-refractivity contribution >= 4 is 5.78 Å². The molecular weight excluding hydrogens is 222 g/mol. The van der Waals surface area contributed by atoms with E-state index in [1.807, 2.05) is 13.0 Å². The summed E-state index contributed by atoms with van der Waals surface area (Å²) in [6.07, 6.45) is 0. The standard InChI is InChI=1S/C14H10F2O/c1-9-3-2-4-10(5-9)14(17)11-6-12(15)8-13(16)7-11/h2-8H,1H3. The van der Waals surface area contributed by atoms with Gasteiger partial charge in [0.1, 0.15) is 11.6 Å². The minimum atomic E-state index is -0.749. The van der Waals surface area contributed by atoms with E-state index < -0.39 is 11.6 Å². The lowest BCUT2D eigenvalue weighted by molar-refractivity contribution is 0.103. The SMILES string of the molecule is Cc1cccc(C(=O)c2cc(F)cc(F)c2)c1. The number of aryl methyl sites for hydroxylation is 1. The third-order valence-electron chi connectivity index (χ3n) is 2.41. The molecule has 0 N–H and O–H groups in total. The number of hydrogen-bond acceptors (Lipinski definition) is 1. The summed E-state index contributed by atoms with van der Waals surface area (Å²) in [6.45, 7) is 1.85. The lowest BCUT2D eigenvalue weighted by Crippen LogP contribution is -2.02. The minimum Gasteiger partial charge on any atom is -0.289 e. The third kappa shape index (κ3) is 2.56. The van der Waals surface area contributed by atoms with Crippen LogP contribution in [0.2, 0.25) is 0 Å². The summed E-state index contributed by atoms with van der Waals surface area (Å²) in [5.74, 6) is -1.88. The van der Waals surface area contributed by atoms with Crippen LogP contribution in [0.3, 0.4) is 0 Å². The molecule has 0 aliphatic carbocycles. The Balaban J connectivity index is 2.43. The summed E-state index contributed by atoms with van der Waals surface area (Å²) in [5, 5.41) is 0. The number of carbonyl (C=O) groups excluding carboxylic acids is 1. The molecule has 2 rings (SSSR count). The lowest BCUT2D eigenvalue weighted by Gasteiger charge is -2.03.